The first-order chi connectivity index (χ1) is 15.7. The molecule has 1 N–H and O–H groups in total. The van der Waals surface area contributed by atoms with Crippen molar-refractivity contribution in [1.29, 1.82) is 0 Å². The van der Waals surface area contributed by atoms with Crippen LogP contribution < -0.4 is 0 Å². The van der Waals surface area contributed by atoms with Gasteiger partial charge in [-0.25, -0.2) is 0 Å². The number of nitrogens with zero attached hydrogens (tertiary/aromatic N) is 4. The second-order valence-corrected chi connectivity index (χ2v) is 13.6. The summed E-state index contributed by atoms with van der Waals surface area (Å²) in [5.74, 6) is 6.82. The van der Waals surface area contributed by atoms with E-state index in [-0.39, 0.29) is 5.60 Å². The third-order valence-electron chi connectivity index (χ3n) is 12.3. The largest absolute Gasteiger partial charge is 0.389 e. The lowest BCUT2D eigenvalue weighted by atomic mass is 9.44. The SMILES string of the molecule is CCCC1C2[C@H]3CC[C@@H]4[C@H](CC[C@]5(C)[C@@H]([C@H](C)Cn6nnc(C)n6)CC[C@@H]45)[C@@]3(C)CC[C@]12O. The summed E-state index contributed by atoms with van der Waals surface area (Å²) in [5.41, 5.74) is 0.645. The average Bonchev–Trinajstić information content (AvgIpc) is 3.04. The summed E-state index contributed by atoms with van der Waals surface area (Å²) in [6.07, 6.45) is 13.2. The zero-order valence-electron chi connectivity index (χ0n) is 21.6. The van der Waals surface area contributed by atoms with Crippen LogP contribution in [-0.2, 0) is 6.54 Å². The predicted molar refractivity (Wildman–Crippen MR) is 129 cm³/mol. The molecule has 0 amide bonds. The minimum absolute atomic E-state index is 0.294. The summed E-state index contributed by atoms with van der Waals surface area (Å²) in [4.78, 5) is 1.83. The molecule has 0 spiro atoms. The smallest absolute Gasteiger partial charge is 0.171 e. The first-order valence-corrected chi connectivity index (χ1v) is 14.2. The van der Waals surface area contributed by atoms with Crippen molar-refractivity contribution in [2.75, 3.05) is 0 Å². The van der Waals surface area contributed by atoms with Gasteiger partial charge in [-0.1, -0.05) is 34.1 Å². The van der Waals surface area contributed by atoms with Crippen molar-refractivity contribution in [2.24, 2.45) is 58.2 Å². The van der Waals surface area contributed by atoms with Gasteiger partial charge in [-0.3, -0.25) is 0 Å². The lowest BCUT2D eigenvalue weighted by Crippen LogP contribution is -2.54. The molecule has 0 radical (unpaired) electrons. The Kier molecular flexibility index (Phi) is 5.12. The molecular formula is C28H46N4O. The topological polar surface area (TPSA) is 63.8 Å². The molecule has 184 valence electrons. The van der Waals surface area contributed by atoms with Crippen LogP contribution in [0.15, 0.2) is 0 Å². The monoisotopic (exact) mass is 454 g/mol. The van der Waals surface area contributed by atoms with Crippen LogP contribution in [0.1, 0.15) is 97.7 Å². The van der Waals surface area contributed by atoms with E-state index in [1.807, 2.05) is 11.7 Å². The van der Waals surface area contributed by atoms with Gasteiger partial charge >= 0.3 is 0 Å². The molecule has 5 aliphatic rings. The fourth-order valence-electron chi connectivity index (χ4n) is 10.9. The Labute approximate surface area is 200 Å². The lowest BCUT2D eigenvalue weighted by molar-refractivity contribution is -0.131. The molecule has 5 saturated carbocycles. The van der Waals surface area contributed by atoms with Crippen LogP contribution >= 0.6 is 0 Å². The first-order valence-electron chi connectivity index (χ1n) is 14.2. The summed E-state index contributed by atoms with van der Waals surface area (Å²) >= 11 is 0. The molecule has 1 heterocycles. The molecule has 0 aliphatic heterocycles. The lowest BCUT2D eigenvalue weighted by Gasteiger charge is -2.61. The van der Waals surface area contributed by atoms with Crippen LogP contribution in [0.25, 0.3) is 0 Å². The van der Waals surface area contributed by atoms with E-state index in [4.69, 9.17) is 0 Å². The van der Waals surface area contributed by atoms with Crippen LogP contribution in [-0.4, -0.2) is 30.9 Å². The van der Waals surface area contributed by atoms with Crippen molar-refractivity contribution in [3.05, 3.63) is 5.82 Å². The Morgan fingerprint density at radius 3 is 2.48 bits per heavy atom. The van der Waals surface area contributed by atoms with Gasteiger partial charge in [-0.05, 0) is 128 Å². The normalized spacial score (nSPS) is 51.3. The molecule has 5 nitrogen and oxygen atoms in total. The van der Waals surface area contributed by atoms with Crippen LogP contribution in [0, 0.1) is 65.1 Å². The number of aryl methyl sites for hydroxylation is 1. The summed E-state index contributed by atoms with van der Waals surface area (Å²) in [6, 6.07) is 0. The molecule has 5 aliphatic carbocycles. The maximum atomic E-state index is 11.4. The van der Waals surface area contributed by atoms with Gasteiger partial charge in [-0.2, -0.15) is 4.80 Å². The minimum atomic E-state index is -0.294. The van der Waals surface area contributed by atoms with Crippen molar-refractivity contribution in [3.8, 4) is 0 Å². The Morgan fingerprint density at radius 1 is 1.00 bits per heavy atom. The van der Waals surface area contributed by atoms with Gasteiger partial charge in [0, 0.05) is 0 Å². The van der Waals surface area contributed by atoms with E-state index in [1.165, 1.54) is 57.8 Å². The molecule has 1 aromatic rings. The standard InChI is InChI=1S/C28H46N4O/c1-6-7-24-25-23-9-8-19-21-11-10-20(17(2)16-32-30-18(3)29-31-32)26(21,4)13-12-22(19)27(23,5)14-15-28(24,25)33/h17,19-25,33H,6-16H2,1-5H3/t17-,19+,20-,21+,22+,23-,24?,25?,26-,27-,28+/m1/s1. The van der Waals surface area contributed by atoms with Crippen molar-refractivity contribution >= 4 is 0 Å². The number of hydrogen-bond acceptors (Lipinski definition) is 4. The van der Waals surface area contributed by atoms with Gasteiger partial charge in [0.1, 0.15) is 0 Å². The molecular weight excluding hydrogens is 408 g/mol. The van der Waals surface area contributed by atoms with Gasteiger partial charge < -0.3 is 5.11 Å². The zero-order chi connectivity index (χ0) is 23.2. The molecule has 0 aromatic carbocycles. The molecule has 0 bridgehead atoms. The van der Waals surface area contributed by atoms with E-state index in [0.29, 0.717) is 28.6 Å². The number of hydrogen-bond donors (Lipinski definition) is 1. The number of tetrazole rings is 1. The van der Waals surface area contributed by atoms with E-state index in [1.54, 1.807) is 0 Å². The van der Waals surface area contributed by atoms with E-state index in [9.17, 15) is 5.11 Å². The Balaban J connectivity index is 1.20. The van der Waals surface area contributed by atoms with Crippen LogP contribution in [0.5, 0.6) is 0 Å². The Hall–Kier alpha value is -0.970. The molecule has 1 aromatic heterocycles. The highest BCUT2D eigenvalue weighted by atomic mass is 16.3. The number of aromatic nitrogens is 4. The number of fused-ring (bicyclic) bond motifs is 7. The van der Waals surface area contributed by atoms with Gasteiger partial charge in [-0.15, -0.1) is 10.2 Å². The maximum Gasteiger partial charge on any atom is 0.171 e. The third-order valence-corrected chi connectivity index (χ3v) is 12.3. The van der Waals surface area contributed by atoms with Crippen LogP contribution in [0.4, 0.5) is 0 Å². The van der Waals surface area contributed by atoms with Gasteiger partial charge in [0.15, 0.2) is 5.82 Å². The summed E-state index contributed by atoms with van der Waals surface area (Å²) in [7, 11) is 0. The first kappa shape index (κ1) is 22.5. The van der Waals surface area contributed by atoms with Crippen LogP contribution in [0.3, 0.4) is 0 Å². The average molecular weight is 455 g/mol. The Bertz CT molecular complexity index is 900. The minimum Gasteiger partial charge on any atom is -0.389 e. The fourth-order valence-corrected chi connectivity index (χ4v) is 10.9. The van der Waals surface area contributed by atoms with Crippen molar-refractivity contribution in [2.45, 2.75) is 111 Å². The maximum absolute atomic E-state index is 11.4. The second kappa shape index (κ2) is 7.51. The number of rotatable bonds is 5. The third kappa shape index (κ3) is 3.09. The quantitative estimate of drug-likeness (QED) is 0.623. The van der Waals surface area contributed by atoms with E-state index >= 15 is 0 Å². The van der Waals surface area contributed by atoms with Gasteiger partial charge in [0.05, 0.1) is 12.1 Å². The van der Waals surface area contributed by atoms with Crippen molar-refractivity contribution in [3.63, 3.8) is 0 Å². The summed E-state index contributed by atoms with van der Waals surface area (Å²) < 4.78 is 0. The highest BCUT2D eigenvalue weighted by molar-refractivity contribution is 5.22. The molecule has 33 heavy (non-hydrogen) atoms. The molecule has 6 rings (SSSR count). The van der Waals surface area contributed by atoms with Crippen molar-refractivity contribution < 1.29 is 5.11 Å². The van der Waals surface area contributed by atoms with Crippen LogP contribution in [0.2, 0.25) is 0 Å². The van der Waals surface area contributed by atoms with Crippen molar-refractivity contribution in [1.82, 2.24) is 20.2 Å². The second-order valence-electron chi connectivity index (χ2n) is 13.6. The van der Waals surface area contributed by atoms with Gasteiger partial charge in [0.25, 0.3) is 0 Å². The van der Waals surface area contributed by atoms with E-state index < -0.39 is 0 Å². The summed E-state index contributed by atoms with van der Waals surface area (Å²) in [5, 5.41) is 24.2. The molecule has 11 atom stereocenters. The van der Waals surface area contributed by atoms with E-state index in [2.05, 4.69) is 43.1 Å². The number of aliphatic hydroxyl groups is 1. The predicted octanol–water partition coefficient (Wildman–Crippen LogP) is 5.66. The van der Waals surface area contributed by atoms with Gasteiger partial charge in [0.2, 0.25) is 0 Å². The molecule has 5 heteroatoms. The van der Waals surface area contributed by atoms with E-state index in [0.717, 1.165) is 48.4 Å². The molecule has 2 unspecified atom stereocenters. The molecule has 5 fully saturated rings. The Morgan fingerprint density at radius 2 is 1.76 bits per heavy atom. The highest BCUT2D eigenvalue weighted by Gasteiger charge is 2.73. The summed E-state index contributed by atoms with van der Waals surface area (Å²) in [6.45, 7) is 12.9. The fraction of sp³-hybridized carbons (Fsp3) is 0.964. The zero-order valence-corrected chi connectivity index (χ0v) is 21.6. The highest BCUT2D eigenvalue weighted by Crippen LogP contribution is 2.75. The molecule has 0 saturated heterocycles.